The van der Waals surface area contributed by atoms with Crippen LogP contribution in [0.1, 0.15) is 57.0 Å². The molecule has 7 nitrogen and oxygen atoms in total. The van der Waals surface area contributed by atoms with E-state index in [0.717, 1.165) is 76.7 Å². The Hall–Kier alpha value is -0.870. The lowest BCUT2D eigenvalue weighted by Gasteiger charge is -2.13. The van der Waals surface area contributed by atoms with E-state index >= 15 is 0 Å². The van der Waals surface area contributed by atoms with Crippen molar-refractivity contribution in [2.24, 2.45) is 12.0 Å². The molecule has 0 radical (unpaired) electrons. The summed E-state index contributed by atoms with van der Waals surface area (Å²) in [6.07, 6.45) is 5.45. The Labute approximate surface area is 187 Å². The summed E-state index contributed by atoms with van der Waals surface area (Å²) in [5.41, 5.74) is 3.69. The van der Waals surface area contributed by atoms with Crippen LogP contribution in [0.25, 0.3) is 0 Å². The number of aliphatic imine (C=N–C) groups is 1. The highest BCUT2D eigenvalue weighted by Crippen LogP contribution is 2.16. The molecule has 1 aliphatic rings. The third kappa shape index (κ3) is 7.87. The van der Waals surface area contributed by atoms with Crippen LogP contribution < -0.4 is 10.6 Å². The first kappa shape index (κ1) is 25.2. The zero-order valence-electron chi connectivity index (χ0n) is 17.9. The minimum absolute atomic E-state index is 0. The van der Waals surface area contributed by atoms with E-state index in [1.54, 1.807) is 0 Å². The van der Waals surface area contributed by atoms with E-state index < -0.39 is 0 Å². The first-order valence-electron chi connectivity index (χ1n) is 10.4. The van der Waals surface area contributed by atoms with E-state index in [9.17, 15) is 0 Å². The summed E-state index contributed by atoms with van der Waals surface area (Å²) in [7, 11) is 2.02. The molecule has 1 aromatic heterocycles. The summed E-state index contributed by atoms with van der Waals surface area (Å²) in [6.45, 7) is 11.1. The molecule has 1 aromatic rings. The van der Waals surface area contributed by atoms with E-state index in [1.165, 1.54) is 11.3 Å². The average Bonchev–Trinajstić information content (AvgIpc) is 3.29. The zero-order valence-corrected chi connectivity index (χ0v) is 20.3. The second kappa shape index (κ2) is 14.2. The Balaban J connectivity index is 0.00000392. The molecule has 28 heavy (non-hydrogen) atoms. The van der Waals surface area contributed by atoms with Crippen LogP contribution >= 0.6 is 24.0 Å². The number of hydrogen-bond acceptors (Lipinski definition) is 4. The fourth-order valence-corrected chi connectivity index (χ4v) is 3.44. The van der Waals surface area contributed by atoms with Crippen molar-refractivity contribution < 1.29 is 9.47 Å². The van der Waals surface area contributed by atoms with Gasteiger partial charge in [-0.2, -0.15) is 5.10 Å². The fourth-order valence-electron chi connectivity index (χ4n) is 3.44. The number of hydrogen-bond donors (Lipinski definition) is 2. The molecular formula is C20H38IN5O2. The highest BCUT2D eigenvalue weighted by atomic mass is 127. The van der Waals surface area contributed by atoms with Gasteiger partial charge in [-0.3, -0.25) is 4.68 Å². The third-order valence-electron chi connectivity index (χ3n) is 4.85. The number of ether oxygens (including phenoxy) is 2. The fraction of sp³-hybridized carbons (Fsp3) is 0.800. The molecule has 1 fully saturated rings. The highest BCUT2D eigenvalue weighted by molar-refractivity contribution is 14.0. The molecule has 0 spiro atoms. The second-order valence-corrected chi connectivity index (χ2v) is 6.89. The van der Waals surface area contributed by atoms with Gasteiger partial charge in [0.2, 0.25) is 0 Å². The van der Waals surface area contributed by atoms with E-state index in [1.807, 2.05) is 11.7 Å². The molecule has 162 valence electrons. The Bertz CT molecular complexity index is 585. The second-order valence-electron chi connectivity index (χ2n) is 6.89. The molecule has 2 rings (SSSR count). The Kier molecular flexibility index (Phi) is 12.7. The minimum Gasteiger partial charge on any atom is -0.379 e. The van der Waals surface area contributed by atoms with Crippen molar-refractivity contribution >= 4 is 29.9 Å². The Morgan fingerprint density at radius 2 is 2.11 bits per heavy atom. The standard InChI is InChI=1S/C20H37N5O2.HI/c1-5-18-17(19(6-2)25(4)24-18)14-23-20(21-7-3)22-11-9-12-26-15-16-10-8-13-27-16;/h16H,5-15H2,1-4H3,(H2,21,22,23);1H. The number of aromatic nitrogens is 2. The van der Waals surface area contributed by atoms with Crippen LogP contribution in [0.15, 0.2) is 4.99 Å². The predicted octanol–water partition coefficient (Wildman–Crippen LogP) is 2.80. The quantitative estimate of drug-likeness (QED) is 0.209. The molecule has 0 bridgehead atoms. The van der Waals surface area contributed by atoms with Crippen LogP contribution in [0.2, 0.25) is 0 Å². The minimum atomic E-state index is 0. The van der Waals surface area contributed by atoms with E-state index in [4.69, 9.17) is 14.5 Å². The molecule has 0 aliphatic carbocycles. The topological polar surface area (TPSA) is 72.7 Å². The van der Waals surface area contributed by atoms with Gasteiger partial charge in [0.05, 0.1) is 24.9 Å². The SMILES string of the molecule is CCNC(=NCc1c(CC)nn(C)c1CC)NCCCOCC1CCCO1.I. The van der Waals surface area contributed by atoms with Gasteiger partial charge in [0.1, 0.15) is 0 Å². The number of nitrogens with one attached hydrogen (secondary N) is 2. The molecule has 0 amide bonds. The molecule has 2 N–H and O–H groups in total. The van der Waals surface area contributed by atoms with Gasteiger partial charge in [-0.25, -0.2) is 4.99 Å². The summed E-state index contributed by atoms with van der Waals surface area (Å²) in [6, 6.07) is 0. The summed E-state index contributed by atoms with van der Waals surface area (Å²) in [4.78, 5) is 4.78. The summed E-state index contributed by atoms with van der Waals surface area (Å²) in [5, 5.41) is 11.4. The Morgan fingerprint density at radius 3 is 2.75 bits per heavy atom. The van der Waals surface area contributed by atoms with Gasteiger partial charge in [-0.05, 0) is 39.0 Å². The maximum absolute atomic E-state index is 5.72. The van der Waals surface area contributed by atoms with E-state index in [-0.39, 0.29) is 24.0 Å². The Morgan fingerprint density at radius 1 is 1.29 bits per heavy atom. The number of aryl methyl sites for hydroxylation is 2. The van der Waals surface area contributed by atoms with Gasteiger partial charge in [0, 0.05) is 44.6 Å². The van der Waals surface area contributed by atoms with Crippen molar-refractivity contribution in [2.75, 3.05) is 32.9 Å². The monoisotopic (exact) mass is 507 g/mol. The molecule has 2 heterocycles. The zero-order chi connectivity index (χ0) is 19.5. The number of guanidine groups is 1. The van der Waals surface area contributed by atoms with Gasteiger partial charge in [-0.15, -0.1) is 24.0 Å². The van der Waals surface area contributed by atoms with Crippen molar-refractivity contribution in [3.05, 3.63) is 17.0 Å². The first-order valence-corrected chi connectivity index (χ1v) is 10.4. The number of rotatable bonds is 11. The summed E-state index contributed by atoms with van der Waals surface area (Å²) in [5.74, 6) is 0.851. The van der Waals surface area contributed by atoms with Crippen LogP contribution in [0.3, 0.4) is 0 Å². The number of nitrogens with zero attached hydrogens (tertiary/aromatic N) is 3. The lowest BCUT2D eigenvalue weighted by Crippen LogP contribution is -2.38. The van der Waals surface area contributed by atoms with Crippen molar-refractivity contribution in [1.82, 2.24) is 20.4 Å². The lowest BCUT2D eigenvalue weighted by molar-refractivity contribution is 0.0168. The molecule has 1 atom stereocenters. The van der Waals surface area contributed by atoms with Crippen molar-refractivity contribution in [1.29, 1.82) is 0 Å². The van der Waals surface area contributed by atoms with Gasteiger partial charge < -0.3 is 20.1 Å². The van der Waals surface area contributed by atoms with Gasteiger partial charge in [0.25, 0.3) is 0 Å². The predicted molar refractivity (Wildman–Crippen MR) is 125 cm³/mol. The first-order chi connectivity index (χ1) is 13.2. The van der Waals surface area contributed by atoms with E-state index in [0.29, 0.717) is 12.6 Å². The van der Waals surface area contributed by atoms with Crippen molar-refractivity contribution in [3.8, 4) is 0 Å². The molecule has 0 aromatic carbocycles. The lowest BCUT2D eigenvalue weighted by atomic mass is 10.1. The van der Waals surface area contributed by atoms with Crippen LogP contribution in [0.5, 0.6) is 0 Å². The smallest absolute Gasteiger partial charge is 0.191 e. The van der Waals surface area contributed by atoms with Gasteiger partial charge in [0.15, 0.2) is 5.96 Å². The van der Waals surface area contributed by atoms with Gasteiger partial charge in [-0.1, -0.05) is 13.8 Å². The highest BCUT2D eigenvalue weighted by Gasteiger charge is 2.15. The van der Waals surface area contributed by atoms with Gasteiger partial charge >= 0.3 is 0 Å². The molecule has 1 aliphatic heterocycles. The van der Waals surface area contributed by atoms with Crippen molar-refractivity contribution in [3.63, 3.8) is 0 Å². The largest absolute Gasteiger partial charge is 0.379 e. The van der Waals surface area contributed by atoms with Crippen molar-refractivity contribution in [2.45, 2.75) is 65.5 Å². The van der Waals surface area contributed by atoms with Crippen LogP contribution in [0.4, 0.5) is 0 Å². The van der Waals surface area contributed by atoms with E-state index in [2.05, 4.69) is 36.5 Å². The normalized spacial score (nSPS) is 16.9. The maximum Gasteiger partial charge on any atom is 0.191 e. The molecule has 8 heteroatoms. The third-order valence-corrected chi connectivity index (χ3v) is 4.85. The summed E-state index contributed by atoms with van der Waals surface area (Å²) >= 11 is 0. The number of halogens is 1. The maximum atomic E-state index is 5.72. The average molecular weight is 507 g/mol. The van der Waals surface area contributed by atoms with Crippen LogP contribution in [0, 0.1) is 0 Å². The van der Waals surface area contributed by atoms with Crippen LogP contribution in [-0.4, -0.2) is 54.8 Å². The summed E-state index contributed by atoms with van der Waals surface area (Å²) < 4.78 is 13.3. The van der Waals surface area contributed by atoms with Crippen LogP contribution in [-0.2, 0) is 35.9 Å². The molecule has 1 unspecified atom stereocenters. The molecular weight excluding hydrogens is 469 g/mol. The molecule has 1 saturated heterocycles. The molecule has 0 saturated carbocycles.